The van der Waals surface area contributed by atoms with Gasteiger partial charge < -0.3 is 34.4 Å². The van der Waals surface area contributed by atoms with Gasteiger partial charge in [0, 0.05) is 56.9 Å². The van der Waals surface area contributed by atoms with Gasteiger partial charge in [0.1, 0.15) is 17.3 Å². The number of carbonyl (C=O) groups is 3. The van der Waals surface area contributed by atoms with E-state index in [1.807, 2.05) is 19.1 Å². The Balaban J connectivity index is 1.66. The van der Waals surface area contributed by atoms with Crippen molar-refractivity contribution in [2.45, 2.75) is 65.0 Å². The van der Waals surface area contributed by atoms with E-state index in [0.717, 1.165) is 29.8 Å². The van der Waals surface area contributed by atoms with Gasteiger partial charge in [0.15, 0.2) is 5.78 Å². The molecule has 1 saturated heterocycles. The second kappa shape index (κ2) is 13.7. The summed E-state index contributed by atoms with van der Waals surface area (Å²) in [5.74, 6) is -0.0392. The van der Waals surface area contributed by atoms with Crippen LogP contribution in [0, 0.1) is 5.41 Å². The predicted molar refractivity (Wildman–Crippen MR) is 168 cm³/mol. The Morgan fingerprint density at radius 3 is 2.50 bits per heavy atom. The van der Waals surface area contributed by atoms with Gasteiger partial charge in [-0.25, -0.2) is 0 Å². The van der Waals surface area contributed by atoms with Crippen molar-refractivity contribution in [3.8, 4) is 11.5 Å². The van der Waals surface area contributed by atoms with Gasteiger partial charge in [0.05, 0.1) is 37.1 Å². The lowest BCUT2D eigenvalue weighted by molar-refractivity contribution is -0.137. The van der Waals surface area contributed by atoms with Crippen molar-refractivity contribution >= 4 is 29.2 Å². The Labute approximate surface area is 259 Å². The molecule has 11 heteroatoms. The summed E-state index contributed by atoms with van der Waals surface area (Å²) < 4.78 is 17.6. The zero-order valence-corrected chi connectivity index (χ0v) is 26.5. The Hall–Kier alpha value is -4.12. The smallest absolute Gasteiger partial charge is 0.303 e. The molecule has 238 valence electrons. The number of carbonyl (C=O) groups excluding carboxylic acids is 2. The van der Waals surface area contributed by atoms with Crippen molar-refractivity contribution in [2.75, 3.05) is 51.9 Å². The minimum Gasteiger partial charge on any atom is -0.493 e. The molecule has 0 bridgehead atoms. The van der Waals surface area contributed by atoms with Crippen LogP contribution in [0.15, 0.2) is 24.3 Å². The monoisotopic (exact) mass is 608 g/mol. The molecule has 2 aliphatic heterocycles. The summed E-state index contributed by atoms with van der Waals surface area (Å²) in [5, 5.41) is 20.6. The van der Waals surface area contributed by atoms with E-state index >= 15 is 0 Å². The summed E-state index contributed by atoms with van der Waals surface area (Å²) in [6, 6.07) is 7.17. The number of Topliss-reactive ketones (excluding diaryl/α,β-unsaturated/α-hetero) is 1. The Morgan fingerprint density at radius 1 is 1.14 bits per heavy atom. The van der Waals surface area contributed by atoms with Crippen LogP contribution in [0.2, 0.25) is 0 Å². The number of methoxy groups -OCH3 is 1. The molecule has 2 heterocycles. The lowest BCUT2D eigenvalue weighted by Gasteiger charge is -2.30. The van der Waals surface area contributed by atoms with E-state index in [0.29, 0.717) is 54.3 Å². The number of ether oxygens (including phenoxy) is 3. The minimum absolute atomic E-state index is 0.00702. The summed E-state index contributed by atoms with van der Waals surface area (Å²) in [5.41, 5.74) is 3.54. The van der Waals surface area contributed by atoms with E-state index in [1.54, 1.807) is 31.2 Å². The van der Waals surface area contributed by atoms with Gasteiger partial charge in [-0.15, -0.1) is 0 Å². The van der Waals surface area contributed by atoms with Crippen LogP contribution in [-0.4, -0.2) is 86.6 Å². The minimum atomic E-state index is -0.873. The van der Waals surface area contributed by atoms with Crippen LogP contribution in [-0.2, 0) is 21.5 Å². The van der Waals surface area contributed by atoms with Crippen molar-refractivity contribution in [3.05, 3.63) is 52.1 Å². The highest BCUT2D eigenvalue weighted by molar-refractivity contribution is 6.08. The number of amides is 1. The summed E-state index contributed by atoms with van der Waals surface area (Å²) in [4.78, 5) is 41.4. The fourth-order valence-electron chi connectivity index (χ4n) is 5.67. The van der Waals surface area contributed by atoms with Gasteiger partial charge in [-0.05, 0) is 55.0 Å². The normalized spacial score (nSPS) is 16.2. The quantitative estimate of drug-likeness (QED) is 0.225. The van der Waals surface area contributed by atoms with E-state index < -0.39 is 5.97 Å². The number of nitrogens with zero attached hydrogens (tertiary/aromatic N) is 2. The Morgan fingerprint density at radius 2 is 1.89 bits per heavy atom. The molecular formula is C33H44N4O7. The number of hydrogen-bond acceptors (Lipinski definition) is 8. The van der Waals surface area contributed by atoms with Gasteiger partial charge in [-0.1, -0.05) is 20.8 Å². The number of nitrogens with one attached hydrogen (secondary N) is 2. The molecule has 2 aromatic rings. The zero-order chi connectivity index (χ0) is 32.2. The average molecular weight is 609 g/mol. The summed E-state index contributed by atoms with van der Waals surface area (Å²) in [7, 11) is 3.24. The number of fused-ring (bicyclic) bond motifs is 1. The first-order chi connectivity index (χ1) is 20.9. The molecule has 3 N–H and O–H groups in total. The van der Waals surface area contributed by atoms with Crippen LogP contribution in [0.5, 0.6) is 11.5 Å². The maximum absolute atomic E-state index is 13.9. The van der Waals surface area contributed by atoms with Gasteiger partial charge >= 0.3 is 5.97 Å². The molecule has 1 amide bonds. The first-order valence-corrected chi connectivity index (χ1v) is 15.1. The molecule has 1 unspecified atom stereocenters. The summed E-state index contributed by atoms with van der Waals surface area (Å²) in [6.07, 6.45) is 1.26. The Bertz CT molecular complexity index is 1430. The predicted octanol–water partition coefficient (Wildman–Crippen LogP) is 4.23. The number of benzene rings is 2. The van der Waals surface area contributed by atoms with Gasteiger partial charge in [0.2, 0.25) is 0 Å². The third-order valence-corrected chi connectivity index (χ3v) is 8.04. The number of carboxylic acids is 1. The summed E-state index contributed by atoms with van der Waals surface area (Å²) >= 11 is 0. The molecule has 11 nitrogen and oxygen atoms in total. The molecule has 0 radical (unpaired) electrons. The lowest BCUT2D eigenvalue weighted by Crippen LogP contribution is -2.31. The Kier molecular flexibility index (Phi) is 10.2. The van der Waals surface area contributed by atoms with Crippen LogP contribution in [0.1, 0.15) is 84.4 Å². The molecule has 0 spiro atoms. The number of ketones is 1. The molecule has 2 aromatic carbocycles. The number of carboxylic acid groups (broad SMARTS) is 1. The second-order valence-corrected chi connectivity index (χ2v) is 12.2. The number of hydrogen-bond donors (Lipinski definition) is 3. The van der Waals surface area contributed by atoms with E-state index in [4.69, 9.17) is 24.7 Å². The maximum atomic E-state index is 13.9. The van der Waals surface area contributed by atoms with Crippen molar-refractivity contribution in [3.63, 3.8) is 0 Å². The zero-order valence-electron chi connectivity index (χ0n) is 26.5. The first-order valence-electron chi connectivity index (χ1n) is 15.1. The molecular weight excluding hydrogens is 564 g/mol. The van der Waals surface area contributed by atoms with E-state index in [2.05, 4.69) is 31.0 Å². The highest BCUT2D eigenvalue weighted by atomic mass is 16.5. The van der Waals surface area contributed by atoms with Crippen molar-refractivity contribution in [1.82, 2.24) is 10.2 Å². The van der Waals surface area contributed by atoms with E-state index in [1.165, 1.54) is 0 Å². The SMILES string of the molecule is CCOc1cc2c(cc1C(=O)NC)C(=N)N(CC(=O)c1cc(N3CCC(OC)C3)c(OCCCC(=O)O)c(C(C)(C)C)c1)C2. The van der Waals surface area contributed by atoms with Gasteiger partial charge in [-0.2, -0.15) is 0 Å². The van der Waals surface area contributed by atoms with Crippen LogP contribution in [0.3, 0.4) is 0 Å². The highest BCUT2D eigenvalue weighted by Crippen LogP contribution is 2.42. The van der Waals surface area contributed by atoms with Crippen molar-refractivity contribution in [1.29, 1.82) is 5.41 Å². The molecule has 0 aliphatic carbocycles. The fourth-order valence-corrected chi connectivity index (χ4v) is 5.67. The van der Waals surface area contributed by atoms with Gasteiger partial charge in [-0.3, -0.25) is 19.8 Å². The van der Waals surface area contributed by atoms with Crippen LogP contribution in [0.4, 0.5) is 5.69 Å². The molecule has 1 fully saturated rings. The highest BCUT2D eigenvalue weighted by Gasteiger charge is 2.33. The number of aliphatic carboxylic acids is 1. The van der Waals surface area contributed by atoms with Crippen LogP contribution < -0.4 is 19.7 Å². The molecule has 44 heavy (non-hydrogen) atoms. The first kappa shape index (κ1) is 32.8. The molecule has 0 aromatic heterocycles. The van der Waals surface area contributed by atoms with Crippen LogP contribution in [0.25, 0.3) is 0 Å². The number of rotatable bonds is 13. The van der Waals surface area contributed by atoms with E-state index in [-0.39, 0.29) is 48.6 Å². The van der Waals surface area contributed by atoms with E-state index in [9.17, 15) is 14.4 Å². The standard InChI is InChI=1S/C33H44N4O7/c1-7-43-28-15-21-17-37(31(34)23(21)16-24(28)32(41)35-5)19-27(38)20-13-25(33(2,3)4)30(44-12-8-9-29(39)40)26(14-20)36-11-10-22(18-36)42-6/h13-16,22,34H,7-12,17-19H2,1-6H3,(H,35,41)(H,39,40). The maximum Gasteiger partial charge on any atom is 0.303 e. The third kappa shape index (κ3) is 7.15. The van der Waals surface area contributed by atoms with Gasteiger partial charge in [0.25, 0.3) is 5.91 Å². The number of amidine groups is 1. The summed E-state index contributed by atoms with van der Waals surface area (Å²) in [6.45, 7) is 10.3. The molecule has 1 atom stereocenters. The molecule has 4 rings (SSSR count). The van der Waals surface area contributed by atoms with Crippen molar-refractivity contribution < 1.29 is 33.7 Å². The van der Waals surface area contributed by atoms with Crippen molar-refractivity contribution in [2.24, 2.45) is 0 Å². The lowest BCUT2D eigenvalue weighted by atomic mass is 9.84. The molecule has 2 aliphatic rings. The third-order valence-electron chi connectivity index (χ3n) is 8.04. The molecule has 0 saturated carbocycles. The number of anilines is 1. The second-order valence-electron chi connectivity index (χ2n) is 12.2. The topological polar surface area (TPSA) is 141 Å². The average Bonchev–Trinajstić information content (AvgIpc) is 3.58. The van der Waals surface area contributed by atoms with Crippen LogP contribution >= 0.6 is 0 Å². The largest absolute Gasteiger partial charge is 0.493 e. The fraction of sp³-hybridized carbons (Fsp3) is 0.515.